The number of alkyl halides is 3. The van der Waals surface area contributed by atoms with Crippen LogP contribution in [0.25, 0.3) is 0 Å². The maximum Gasteiger partial charge on any atom is 0.432 e. The molecule has 0 amide bonds. The Balaban J connectivity index is 1.86. The minimum absolute atomic E-state index is 0.0375. The van der Waals surface area contributed by atoms with E-state index >= 15 is 0 Å². The molecular formula is C29H29F3O9. The van der Waals surface area contributed by atoms with Crippen molar-refractivity contribution in [1.29, 1.82) is 0 Å². The van der Waals surface area contributed by atoms with E-state index in [9.17, 15) is 27.6 Å². The number of fused-ring (bicyclic) bond motifs is 2. The third-order valence-electron chi connectivity index (χ3n) is 7.63. The quantitative estimate of drug-likeness (QED) is 0.458. The van der Waals surface area contributed by atoms with Gasteiger partial charge in [0.05, 0.1) is 7.11 Å². The molecule has 0 spiro atoms. The highest BCUT2D eigenvalue weighted by molar-refractivity contribution is 6.04. The Hall–Kier alpha value is -3.90. The summed E-state index contributed by atoms with van der Waals surface area (Å²) < 4.78 is 76.7. The molecule has 0 aromatic heterocycles. The van der Waals surface area contributed by atoms with Crippen LogP contribution in [-0.4, -0.2) is 63.0 Å². The van der Waals surface area contributed by atoms with Crippen LogP contribution >= 0.6 is 0 Å². The molecule has 4 rings (SSSR count). The summed E-state index contributed by atoms with van der Waals surface area (Å²) in [7, 11) is 3.31. The molecule has 0 N–H and O–H groups in total. The number of rotatable bonds is 6. The number of hydrogen-bond acceptors (Lipinski definition) is 9. The number of ether oxygens (including phenoxy) is 6. The summed E-state index contributed by atoms with van der Waals surface area (Å²) in [6.07, 6.45) is -8.62. The van der Waals surface area contributed by atoms with Crippen molar-refractivity contribution in [2.24, 2.45) is 0 Å². The maximum absolute atomic E-state index is 14.5. The summed E-state index contributed by atoms with van der Waals surface area (Å²) in [4.78, 5) is 40.4. The molecule has 2 aromatic carbocycles. The highest BCUT2D eigenvalue weighted by atomic mass is 19.4. The zero-order valence-electron chi connectivity index (χ0n) is 23.4. The Bertz CT molecular complexity index is 1430. The highest BCUT2D eigenvalue weighted by Crippen LogP contribution is 2.47. The minimum Gasteiger partial charge on any atom is -0.496 e. The highest BCUT2D eigenvalue weighted by Gasteiger charge is 2.66. The van der Waals surface area contributed by atoms with Crippen LogP contribution < -0.4 is 9.47 Å². The first-order valence-electron chi connectivity index (χ1n) is 12.4. The normalized spacial score (nSPS) is 23.9. The van der Waals surface area contributed by atoms with Gasteiger partial charge in [0.15, 0.2) is 23.6 Å². The lowest BCUT2D eigenvalue weighted by Gasteiger charge is -2.44. The molecule has 12 heteroatoms. The molecule has 2 aromatic rings. The van der Waals surface area contributed by atoms with Crippen LogP contribution in [0.3, 0.4) is 0 Å². The second-order valence-electron chi connectivity index (χ2n) is 9.89. The summed E-state index contributed by atoms with van der Waals surface area (Å²) in [5.41, 5.74) is -5.34. The Morgan fingerprint density at radius 1 is 1.02 bits per heavy atom. The van der Waals surface area contributed by atoms with E-state index in [1.54, 1.807) is 19.9 Å². The van der Waals surface area contributed by atoms with Gasteiger partial charge in [-0.05, 0) is 39.3 Å². The molecule has 1 heterocycles. The summed E-state index contributed by atoms with van der Waals surface area (Å²) in [6.45, 7) is 5.88. The fourth-order valence-corrected chi connectivity index (χ4v) is 5.17. The number of benzene rings is 2. The second kappa shape index (κ2) is 10.5. The van der Waals surface area contributed by atoms with Crippen LogP contribution in [0.15, 0.2) is 47.7 Å². The predicted molar refractivity (Wildman–Crippen MR) is 136 cm³/mol. The molecule has 1 aliphatic heterocycles. The van der Waals surface area contributed by atoms with Gasteiger partial charge in [-0.2, -0.15) is 13.2 Å². The van der Waals surface area contributed by atoms with Gasteiger partial charge >= 0.3 is 18.1 Å². The van der Waals surface area contributed by atoms with E-state index in [0.29, 0.717) is 24.0 Å². The first kappa shape index (κ1) is 30.1. The van der Waals surface area contributed by atoms with E-state index in [2.05, 4.69) is 0 Å². The van der Waals surface area contributed by atoms with Crippen molar-refractivity contribution in [3.05, 3.63) is 70.0 Å². The number of esters is 2. The number of ketones is 1. The van der Waals surface area contributed by atoms with Gasteiger partial charge in [0.1, 0.15) is 17.1 Å². The van der Waals surface area contributed by atoms with Crippen molar-refractivity contribution in [2.75, 3.05) is 21.3 Å². The fourth-order valence-electron chi connectivity index (χ4n) is 5.17. The van der Waals surface area contributed by atoms with Crippen LogP contribution in [0.4, 0.5) is 13.2 Å². The van der Waals surface area contributed by atoms with E-state index in [0.717, 1.165) is 12.1 Å². The number of hydrogen-bond donors (Lipinski definition) is 0. The van der Waals surface area contributed by atoms with Crippen molar-refractivity contribution in [3.63, 3.8) is 0 Å². The van der Waals surface area contributed by atoms with Crippen LogP contribution in [0.2, 0.25) is 0 Å². The van der Waals surface area contributed by atoms with E-state index in [1.165, 1.54) is 46.3 Å². The summed E-state index contributed by atoms with van der Waals surface area (Å²) in [6, 6.07) is 7.83. The van der Waals surface area contributed by atoms with Gasteiger partial charge in [0.25, 0.3) is 5.60 Å². The van der Waals surface area contributed by atoms with Gasteiger partial charge in [0.2, 0.25) is 5.78 Å². The number of carbonyl (C=O) groups excluding carboxylic acids is 3. The van der Waals surface area contributed by atoms with Crippen LogP contribution in [0.1, 0.15) is 40.9 Å². The van der Waals surface area contributed by atoms with Gasteiger partial charge in [-0.25, -0.2) is 9.59 Å². The molecule has 0 fully saturated rings. The molecule has 220 valence electrons. The number of methoxy groups -OCH3 is 3. The van der Waals surface area contributed by atoms with Crippen LogP contribution in [-0.2, 0) is 34.1 Å². The molecule has 0 saturated carbocycles. The smallest absolute Gasteiger partial charge is 0.432 e. The SMILES string of the molecule is COc1cc(C)c2c(c1C)C(=O)OC1=C(C)C(=O)[C@@H](OC(=O)[C@](OC)(c3ccccc3)C(F)(F)F)[C@](C)(OC)[C@H]1O2. The van der Waals surface area contributed by atoms with Crippen molar-refractivity contribution < 1.29 is 56.0 Å². The lowest BCUT2D eigenvalue weighted by Crippen LogP contribution is -2.64. The van der Waals surface area contributed by atoms with Crippen molar-refractivity contribution >= 4 is 17.7 Å². The first-order chi connectivity index (χ1) is 19.2. The summed E-state index contributed by atoms with van der Waals surface area (Å²) >= 11 is 0. The van der Waals surface area contributed by atoms with E-state index in [-0.39, 0.29) is 22.6 Å². The Labute approximate surface area is 234 Å². The van der Waals surface area contributed by atoms with E-state index < -0.39 is 52.9 Å². The van der Waals surface area contributed by atoms with Gasteiger partial charge in [0, 0.05) is 30.9 Å². The molecule has 0 saturated heterocycles. The monoisotopic (exact) mass is 578 g/mol. The molecule has 2 aliphatic rings. The molecule has 0 bridgehead atoms. The van der Waals surface area contributed by atoms with Crippen LogP contribution in [0, 0.1) is 13.8 Å². The molecule has 0 unspecified atom stereocenters. The number of carbonyl (C=O) groups is 3. The average Bonchev–Trinajstić information content (AvgIpc) is 3.09. The van der Waals surface area contributed by atoms with E-state index in [4.69, 9.17) is 28.4 Å². The maximum atomic E-state index is 14.5. The zero-order valence-corrected chi connectivity index (χ0v) is 23.4. The number of Topliss-reactive ketones (excluding diaryl/α,β-unsaturated/α-hetero) is 1. The molecule has 4 atom stereocenters. The van der Waals surface area contributed by atoms with Crippen molar-refractivity contribution in [2.45, 2.75) is 57.3 Å². The molecule has 1 aliphatic carbocycles. The third kappa shape index (κ3) is 4.45. The number of halogens is 3. The second-order valence-corrected chi connectivity index (χ2v) is 9.89. The average molecular weight is 579 g/mol. The molecular weight excluding hydrogens is 549 g/mol. The van der Waals surface area contributed by atoms with Crippen molar-refractivity contribution in [1.82, 2.24) is 0 Å². The first-order valence-corrected chi connectivity index (χ1v) is 12.4. The number of aryl methyl sites for hydroxylation is 1. The summed E-state index contributed by atoms with van der Waals surface area (Å²) in [5.74, 6) is -3.41. The molecule has 41 heavy (non-hydrogen) atoms. The van der Waals surface area contributed by atoms with Gasteiger partial charge < -0.3 is 28.4 Å². The lowest BCUT2D eigenvalue weighted by atomic mass is 9.79. The predicted octanol–water partition coefficient (Wildman–Crippen LogP) is 4.51. The standard InChI is InChI=1S/C29H29F3O9/c1-14-13-18(36-5)15(2)19-21(14)39-24-22(40-25(19)34)16(3)20(33)23(27(24,4)37-6)41-26(35)28(38-7,29(30,31)32)17-11-9-8-10-12-17/h8-13,23-24H,1-7H3/t23-,24+,27+,28-/m1/s1. The van der Waals surface area contributed by atoms with Gasteiger partial charge in [-0.3, -0.25) is 4.79 Å². The largest absolute Gasteiger partial charge is 0.496 e. The topological polar surface area (TPSA) is 107 Å². The van der Waals surface area contributed by atoms with E-state index in [1.807, 2.05) is 0 Å². The fraction of sp³-hybridized carbons (Fsp3) is 0.414. The summed E-state index contributed by atoms with van der Waals surface area (Å²) in [5, 5.41) is 0. The van der Waals surface area contributed by atoms with Crippen molar-refractivity contribution in [3.8, 4) is 11.5 Å². The Morgan fingerprint density at radius 2 is 1.66 bits per heavy atom. The third-order valence-corrected chi connectivity index (χ3v) is 7.63. The van der Waals surface area contributed by atoms with Gasteiger partial charge in [-0.1, -0.05) is 30.3 Å². The minimum atomic E-state index is -5.28. The lowest BCUT2D eigenvalue weighted by molar-refractivity contribution is -0.281. The molecule has 9 nitrogen and oxygen atoms in total. The van der Waals surface area contributed by atoms with Crippen LogP contribution in [0.5, 0.6) is 11.5 Å². The molecule has 0 radical (unpaired) electrons. The Morgan fingerprint density at radius 3 is 2.20 bits per heavy atom. The Kier molecular flexibility index (Phi) is 7.70. The zero-order chi connectivity index (χ0) is 30.5. The van der Waals surface area contributed by atoms with Gasteiger partial charge in [-0.15, -0.1) is 0 Å².